The molecular formula is C49H39N3Si. The zero-order valence-corrected chi connectivity index (χ0v) is 31.2. The van der Waals surface area contributed by atoms with Crippen molar-refractivity contribution in [3.05, 3.63) is 204 Å². The molecular weight excluding hydrogens is 659 g/mol. The first-order chi connectivity index (χ1) is 25.9. The molecule has 0 bridgehead atoms. The highest BCUT2D eigenvalue weighted by Gasteiger charge is 2.46. The van der Waals surface area contributed by atoms with E-state index in [-0.39, 0.29) is 0 Å². The zero-order valence-electron chi connectivity index (χ0n) is 30.2. The predicted molar refractivity (Wildman–Crippen MR) is 222 cm³/mol. The summed E-state index contributed by atoms with van der Waals surface area (Å²) in [5.74, 6) is 1.96. The smallest absolute Gasteiger partial charge is 0.164 e. The molecule has 1 atom stereocenters. The summed E-state index contributed by atoms with van der Waals surface area (Å²) in [7, 11) is -1.59. The van der Waals surface area contributed by atoms with Crippen molar-refractivity contribution in [1.29, 1.82) is 0 Å². The van der Waals surface area contributed by atoms with E-state index in [0.717, 1.165) is 27.8 Å². The average molecular weight is 698 g/mol. The van der Waals surface area contributed by atoms with Gasteiger partial charge in [-0.1, -0.05) is 201 Å². The molecule has 0 radical (unpaired) electrons. The quantitative estimate of drug-likeness (QED) is 0.156. The first kappa shape index (κ1) is 32.7. The van der Waals surface area contributed by atoms with Gasteiger partial charge in [0, 0.05) is 16.7 Å². The van der Waals surface area contributed by atoms with Gasteiger partial charge in [0.05, 0.1) is 13.5 Å². The predicted octanol–water partition coefficient (Wildman–Crippen LogP) is 11.4. The molecule has 0 aliphatic heterocycles. The monoisotopic (exact) mass is 697 g/mol. The van der Waals surface area contributed by atoms with Crippen molar-refractivity contribution in [3.63, 3.8) is 0 Å². The molecule has 53 heavy (non-hydrogen) atoms. The highest BCUT2D eigenvalue weighted by Crippen LogP contribution is 2.56. The van der Waals surface area contributed by atoms with E-state index in [1.165, 1.54) is 38.6 Å². The fraction of sp³-hybridized carbons (Fsp3) is 0.0816. The number of hydrogen-bond donors (Lipinski definition) is 0. The normalized spacial score (nSPS) is 14.8. The molecule has 1 aromatic heterocycles. The van der Waals surface area contributed by atoms with E-state index in [1.54, 1.807) is 0 Å². The van der Waals surface area contributed by atoms with Gasteiger partial charge in [-0.2, -0.15) is 0 Å². The largest absolute Gasteiger partial charge is 0.208 e. The summed E-state index contributed by atoms with van der Waals surface area (Å²) in [6, 6.07) is 65.3. The van der Waals surface area contributed by atoms with E-state index in [2.05, 4.69) is 141 Å². The maximum Gasteiger partial charge on any atom is 0.164 e. The summed E-state index contributed by atoms with van der Waals surface area (Å²) >= 11 is 0. The molecule has 0 spiro atoms. The molecule has 9 rings (SSSR count). The fourth-order valence-electron chi connectivity index (χ4n) is 7.91. The minimum atomic E-state index is -1.59. The molecule has 1 aliphatic rings. The van der Waals surface area contributed by atoms with Crippen LogP contribution in [-0.2, 0) is 5.41 Å². The van der Waals surface area contributed by atoms with Crippen LogP contribution in [0.3, 0.4) is 0 Å². The Morgan fingerprint density at radius 1 is 0.358 bits per heavy atom. The van der Waals surface area contributed by atoms with Crippen LogP contribution in [0.15, 0.2) is 182 Å². The number of fused-ring (bicyclic) bond motifs is 3. The van der Waals surface area contributed by atoms with E-state index in [0.29, 0.717) is 17.5 Å². The first-order valence-electron chi connectivity index (χ1n) is 18.3. The fourth-order valence-corrected chi connectivity index (χ4v) is 9.07. The molecule has 0 N–H and O–H groups in total. The Morgan fingerprint density at radius 2 is 0.849 bits per heavy atom. The van der Waals surface area contributed by atoms with Gasteiger partial charge in [0.25, 0.3) is 0 Å². The van der Waals surface area contributed by atoms with Crippen LogP contribution in [0.1, 0.15) is 22.3 Å². The van der Waals surface area contributed by atoms with Crippen molar-refractivity contribution in [1.82, 2.24) is 15.0 Å². The van der Waals surface area contributed by atoms with Gasteiger partial charge in [-0.15, -0.1) is 0 Å². The SMILES string of the molecule is C[Si](C)(C)c1ccc2c(c1)C(c1ccccc1)(c1ccc(-c3cccc(-c4nc(-c5ccccc5)nc(-c5ccccc5)n4)c3)cc1)c1ccccc1-2. The minimum absolute atomic E-state index is 0.435. The second-order valence-electron chi connectivity index (χ2n) is 14.9. The number of nitrogens with zero attached hydrogens (tertiary/aromatic N) is 3. The third-order valence-corrected chi connectivity index (χ3v) is 12.6. The lowest BCUT2D eigenvalue weighted by atomic mass is 9.67. The topological polar surface area (TPSA) is 38.7 Å². The summed E-state index contributed by atoms with van der Waals surface area (Å²) in [4.78, 5) is 14.9. The van der Waals surface area contributed by atoms with Gasteiger partial charge in [-0.25, -0.2) is 15.0 Å². The Morgan fingerprint density at radius 3 is 1.47 bits per heavy atom. The van der Waals surface area contributed by atoms with E-state index in [9.17, 15) is 0 Å². The van der Waals surface area contributed by atoms with Crippen LogP contribution in [0, 0.1) is 0 Å². The number of rotatable bonds is 7. The second-order valence-corrected chi connectivity index (χ2v) is 19.9. The van der Waals surface area contributed by atoms with Crippen molar-refractivity contribution in [2.45, 2.75) is 25.1 Å². The zero-order chi connectivity index (χ0) is 36.0. The maximum atomic E-state index is 4.99. The third-order valence-electron chi connectivity index (χ3n) is 10.6. The lowest BCUT2D eigenvalue weighted by Crippen LogP contribution is -2.39. The highest BCUT2D eigenvalue weighted by molar-refractivity contribution is 6.88. The molecule has 0 saturated carbocycles. The Balaban J connectivity index is 1.17. The molecule has 7 aromatic carbocycles. The lowest BCUT2D eigenvalue weighted by molar-refractivity contribution is 0.769. The van der Waals surface area contributed by atoms with Crippen molar-refractivity contribution >= 4 is 13.3 Å². The molecule has 0 saturated heterocycles. The first-order valence-corrected chi connectivity index (χ1v) is 21.8. The molecule has 1 heterocycles. The van der Waals surface area contributed by atoms with E-state index >= 15 is 0 Å². The Hall–Kier alpha value is -6.23. The van der Waals surface area contributed by atoms with Crippen molar-refractivity contribution in [3.8, 4) is 56.4 Å². The number of hydrogen-bond acceptors (Lipinski definition) is 3. The summed E-state index contributed by atoms with van der Waals surface area (Å²) < 4.78 is 0. The van der Waals surface area contributed by atoms with Gasteiger partial charge >= 0.3 is 0 Å². The molecule has 3 nitrogen and oxygen atoms in total. The molecule has 0 fully saturated rings. The van der Waals surface area contributed by atoms with Crippen LogP contribution in [0.2, 0.25) is 19.6 Å². The van der Waals surface area contributed by atoms with Gasteiger partial charge in [-0.3, -0.25) is 0 Å². The van der Waals surface area contributed by atoms with E-state index < -0.39 is 13.5 Å². The van der Waals surface area contributed by atoms with E-state index in [1.807, 2.05) is 60.7 Å². The molecule has 8 aromatic rings. The van der Waals surface area contributed by atoms with Crippen molar-refractivity contribution < 1.29 is 0 Å². The minimum Gasteiger partial charge on any atom is -0.208 e. The number of benzene rings is 7. The molecule has 1 aliphatic carbocycles. The summed E-state index contributed by atoms with van der Waals surface area (Å²) in [6.07, 6.45) is 0. The van der Waals surface area contributed by atoms with Crippen LogP contribution in [-0.4, -0.2) is 23.0 Å². The van der Waals surface area contributed by atoms with Gasteiger partial charge in [-0.05, 0) is 50.6 Å². The Bertz CT molecular complexity index is 2520. The maximum absolute atomic E-state index is 4.99. The van der Waals surface area contributed by atoms with Gasteiger partial charge in [0.2, 0.25) is 0 Å². The number of aromatic nitrogens is 3. The average Bonchev–Trinajstić information content (AvgIpc) is 3.52. The lowest BCUT2D eigenvalue weighted by Gasteiger charge is -2.34. The van der Waals surface area contributed by atoms with Crippen molar-refractivity contribution in [2.24, 2.45) is 0 Å². The van der Waals surface area contributed by atoms with Crippen LogP contribution in [0.4, 0.5) is 0 Å². The second kappa shape index (κ2) is 13.1. The Labute approximate surface area is 312 Å². The summed E-state index contributed by atoms with van der Waals surface area (Å²) in [5.41, 5.74) is 12.6. The van der Waals surface area contributed by atoms with Crippen LogP contribution < -0.4 is 5.19 Å². The van der Waals surface area contributed by atoms with Gasteiger partial charge < -0.3 is 0 Å². The molecule has 254 valence electrons. The van der Waals surface area contributed by atoms with Crippen LogP contribution in [0.25, 0.3) is 56.4 Å². The van der Waals surface area contributed by atoms with Crippen LogP contribution >= 0.6 is 0 Å². The standard InChI is InChI=1S/C49H39N3Si/c1-53(2,3)41-30-31-43-42-24-13-14-25-44(42)49(45(43)33-41,39-22-11-6-12-23-39)40-28-26-34(27-29-40)37-20-15-21-38(32-37)48-51-46(35-16-7-4-8-17-35)50-47(52-48)36-18-9-5-10-19-36/h4-33H,1-3H3. The Kier molecular flexibility index (Phi) is 8.05. The van der Waals surface area contributed by atoms with Gasteiger partial charge in [0.15, 0.2) is 17.5 Å². The van der Waals surface area contributed by atoms with Crippen LogP contribution in [0.5, 0.6) is 0 Å². The van der Waals surface area contributed by atoms with Gasteiger partial charge in [0.1, 0.15) is 0 Å². The highest BCUT2D eigenvalue weighted by atomic mass is 28.3. The third kappa shape index (κ3) is 5.72. The van der Waals surface area contributed by atoms with E-state index in [4.69, 9.17) is 15.0 Å². The summed E-state index contributed by atoms with van der Waals surface area (Å²) in [6.45, 7) is 7.31. The molecule has 1 unspecified atom stereocenters. The summed E-state index contributed by atoms with van der Waals surface area (Å²) in [5, 5.41) is 1.47. The van der Waals surface area contributed by atoms with Crippen molar-refractivity contribution in [2.75, 3.05) is 0 Å². The molecule has 0 amide bonds. The molecule has 4 heteroatoms.